The molecule has 0 unspecified atom stereocenters. The van der Waals surface area contributed by atoms with Crippen LogP contribution in [0.2, 0.25) is 0 Å². The van der Waals surface area contributed by atoms with Crippen LogP contribution >= 0.6 is 0 Å². The fraction of sp³-hybridized carbons (Fsp3) is 0.165. The molecule has 0 fully saturated rings. The summed E-state index contributed by atoms with van der Waals surface area (Å²) >= 11 is 0. The molecule has 129 heavy (non-hydrogen) atoms. The van der Waals surface area contributed by atoms with Crippen molar-refractivity contribution >= 4 is 86.7 Å². The van der Waals surface area contributed by atoms with Gasteiger partial charge in [0, 0.05) is 56.7 Å². The third-order valence-electron chi connectivity index (χ3n) is 26.8. The maximum atomic E-state index is 2.47. The molecule has 0 saturated heterocycles. The van der Waals surface area contributed by atoms with Crippen molar-refractivity contribution < 1.29 is 0 Å². The van der Waals surface area contributed by atoms with E-state index in [1.165, 1.54) is 226 Å². The molecule has 0 atom stereocenters. The maximum Gasteiger partial charge on any atom is 0.0491 e. The first kappa shape index (κ1) is 84.3. The van der Waals surface area contributed by atoms with E-state index in [0.29, 0.717) is 0 Å². The highest BCUT2D eigenvalue weighted by molar-refractivity contribution is 6.24. The Labute approximate surface area is 762 Å². The number of hydrogen-bond donors (Lipinski definition) is 0. The Morgan fingerprint density at radius 1 is 0.163 bits per heavy atom. The first-order chi connectivity index (χ1) is 62.3. The lowest BCUT2D eigenvalue weighted by Crippen LogP contribution is -2.11. The summed E-state index contributed by atoms with van der Waals surface area (Å²) in [6.07, 6.45) is 0. The van der Waals surface area contributed by atoms with Gasteiger partial charge in [0.15, 0.2) is 0 Å². The molecule has 0 aliphatic carbocycles. The van der Waals surface area contributed by atoms with Crippen LogP contribution in [-0.4, -0.2) is 9.13 Å². The molecule has 632 valence electrons. The standard InChI is InChI=1S/2C60H53N.C7H8/c1-8-61-55-33-27-45(39-15-11-9-12-16-39)35-51(55)52-36-46(28-34-56(52)61)42-21-19-40(20-22-42)41-23-25-44(26-24-41)58-50-32-30-47(59(2,3)4)37-53(50)57(43-17-13-10-14-18-43)49-31-29-48(38-54(49)58)60(5,6)7;1-8-61-55-17-13-12-16-49(55)52-36-46(30-35-56(52)61)43-20-18-41(19-21-43)42-24-28-45(29-25-42)58-51-34-32-47(59(2,3)4)37-53(51)57(50-33-31-48(38-54(50)58)60(5,6)7)44-26-22-40(23-27-44)39-14-10-9-11-15-39;1-7-5-3-2-4-6-7/h2*9-38H,8H2,1-7H3;2-6H,1H3. The van der Waals surface area contributed by atoms with Crippen LogP contribution in [0.15, 0.2) is 394 Å². The summed E-state index contributed by atoms with van der Waals surface area (Å²) in [5.74, 6) is 0. The van der Waals surface area contributed by atoms with Gasteiger partial charge in [0.25, 0.3) is 0 Å². The van der Waals surface area contributed by atoms with Gasteiger partial charge in [-0.15, -0.1) is 0 Å². The van der Waals surface area contributed by atoms with E-state index in [4.69, 9.17) is 0 Å². The van der Waals surface area contributed by atoms with Gasteiger partial charge >= 0.3 is 0 Å². The number of nitrogens with zero attached hydrogens (tertiary/aromatic N) is 2. The molecule has 0 aliphatic heterocycles. The molecule has 21 rings (SSSR count). The number of benzene rings is 19. The van der Waals surface area contributed by atoms with Crippen LogP contribution in [0.5, 0.6) is 0 Å². The molecule has 0 N–H and O–H groups in total. The monoisotopic (exact) mass is 1670 g/mol. The van der Waals surface area contributed by atoms with Gasteiger partial charge in [-0.1, -0.05) is 416 Å². The van der Waals surface area contributed by atoms with Gasteiger partial charge in [0.05, 0.1) is 0 Å². The molecule has 2 heteroatoms. The van der Waals surface area contributed by atoms with Crippen molar-refractivity contribution in [1.82, 2.24) is 9.13 Å². The highest BCUT2D eigenvalue weighted by Crippen LogP contribution is 2.50. The van der Waals surface area contributed by atoms with Crippen LogP contribution in [0.3, 0.4) is 0 Å². The van der Waals surface area contributed by atoms with Gasteiger partial charge in [-0.2, -0.15) is 0 Å². The fourth-order valence-corrected chi connectivity index (χ4v) is 19.5. The number of aryl methyl sites for hydroxylation is 3. The van der Waals surface area contributed by atoms with Crippen molar-refractivity contribution in [3.8, 4) is 111 Å². The van der Waals surface area contributed by atoms with Gasteiger partial charge in [-0.3, -0.25) is 0 Å². The Hall–Kier alpha value is -14.2. The quantitative estimate of drug-likeness (QED) is 0.108. The van der Waals surface area contributed by atoms with Crippen LogP contribution in [-0.2, 0) is 34.7 Å². The lowest BCUT2D eigenvalue weighted by molar-refractivity contribution is 0.590. The van der Waals surface area contributed by atoms with E-state index in [1.54, 1.807) is 0 Å². The molecule has 0 bridgehead atoms. The Morgan fingerprint density at radius 3 is 0.628 bits per heavy atom. The second-order valence-electron chi connectivity index (χ2n) is 39.4. The van der Waals surface area contributed by atoms with Crippen molar-refractivity contribution in [3.63, 3.8) is 0 Å². The normalized spacial score (nSPS) is 12.1. The van der Waals surface area contributed by atoms with E-state index in [-0.39, 0.29) is 21.7 Å². The van der Waals surface area contributed by atoms with Crippen LogP contribution in [0.1, 0.15) is 125 Å². The first-order valence-corrected chi connectivity index (χ1v) is 46.2. The zero-order valence-corrected chi connectivity index (χ0v) is 77.3. The van der Waals surface area contributed by atoms with Crippen molar-refractivity contribution in [2.75, 3.05) is 0 Å². The minimum Gasteiger partial charge on any atom is -0.341 e. The molecule has 2 heterocycles. The molecule has 0 saturated carbocycles. The highest BCUT2D eigenvalue weighted by Gasteiger charge is 2.27. The second kappa shape index (κ2) is 34.2. The first-order valence-electron chi connectivity index (χ1n) is 46.2. The summed E-state index contributed by atoms with van der Waals surface area (Å²) < 4.78 is 4.85. The van der Waals surface area contributed by atoms with E-state index in [9.17, 15) is 0 Å². The third-order valence-corrected chi connectivity index (χ3v) is 26.8. The molecular formula is C127H114N2. The van der Waals surface area contributed by atoms with Gasteiger partial charge in [0.2, 0.25) is 0 Å². The van der Waals surface area contributed by atoms with Crippen molar-refractivity contribution in [1.29, 1.82) is 0 Å². The molecular weight excluding hydrogens is 1550 g/mol. The predicted octanol–water partition coefficient (Wildman–Crippen LogP) is 36.1. The maximum absolute atomic E-state index is 2.47. The average Bonchev–Trinajstić information content (AvgIpc) is 1.62. The smallest absolute Gasteiger partial charge is 0.0491 e. The summed E-state index contributed by atoms with van der Waals surface area (Å²) in [4.78, 5) is 0. The summed E-state index contributed by atoms with van der Waals surface area (Å²) in [7, 11) is 0. The Morgan fingerprint density at radius 2 is 0.364 bits per heavy atom. The Balaban J connectivity index is 0.000000156. The largest absolute Gasteiger partial charge is 0.341 e. The highest BCUT2D eigenvalue weighted by atomic mass is 15.0. The van der Waals surface area contributed by atoms with E-state index in [0.717, 1.165) is 13.1 Å². The number of para-hydroxylation sites is 1. The summed E-state index contributed by atoms with van der Waals surface area (Å²) in [5.41, 5.74) is 36.8. The van der Waals surface area contributed by atoms with Gasteiger partial charge in [0.1, 0.15) is 0 Å². The number of hydrogen-bond acceptors (Lipinski definition) is 0. The third kappa shape index (κ3) is 16.5. The van der Waals surface area contributed by atoms with Crippen LogP contribution in [0.4, 0.5) is 0 Å². The summed E-state index contributed by atoms with van der Waals surface area (Å²) in [5, 5.41) is 15.6. The zero-order chi connectivity index (χ0) is 89.2. The molecule has 2 nitrogen and oxygen atoms in total. The molecule has 0 radical (unpaired) electrons. The van der Waals surface area contributed by atoms with E-state index < -0.39 is 0 Å². The summed E-state index contributed by atoms with van der Waals surface area (Å²) in [6, 6.07) is 147. The van der Waals surface area contributed by atoms with E-state index >= 15 is 0 Å². The fourth-order valence-electron chi connectivity index (χ4n) is 19.5. The van der Waals surface area contributed by atoms with Crippen molar-refractivity contribution in [2.45, 2.75) is 139 Å². The van der Waals surface area contributed by atoms with Gasteiger partial charge < -0.3 is 9.13 Å². The Kier molecular flexibility index (Phi) is 22.4. The van der Waals surface area contributed by atoms with Gasteiger partial charge in [-0.25, -0.2) is 0 Å². The average molecular weight is 1670 g/mol. The number of fused-ring (bicyclic) bond motifs is 10. The lowest BCUT2D eigenvalue weighted by atomic mass is 9.79. The number of aromatic nitrogens is 2. The lowest BCUT2D eigenvalue weighted by Gasteiger charge is -2.25. The topological polar surface area (TPSA) is 9.86 Å². The van der Waals surface area contributed by atoms with E-state index in [2.05, 4.69) is 489 Å². The minimum atomic E-state index is 0.00413. The molecule has 0 amide bonds. The van der Waals surface area contributed by atoms with Crippen LogP contribution in [0, 0.1) is 6.92 Å². The molecule has 19 aromatic carbocycles. The van der Waals surface area contributed by atoms with Crippen LogP contribution < -0.4 is 0 Å². The minimum absolute atomic E-state index is 0.00413. The molecule has 0 aliphatic rings. The molecule has 21 aromatic rings. The van der Waals surface area contributed by atoms with E-state index in [1.807, 2.05) is 18.2 Å². The summed E-state index contributed by atoms with van der Waals surface area (Å²) in [6.45, 7) is 36.2. The van der Waals surface area contributed by atoms with Crippen molar-refractivity contribution in [2.24, 2.45) is 0 Å². The van der Waals surface area contributed by atoms with Crippen molar-refractivity contribution in [3.05, 3.63) is 422 Å². The van der Waals surface area contributed by atoms with Crippen LogP contribution in [0.25, 0.3) is 198 Å². The number of rotatable bonds is 12. The van der Waals surface area contributed by atoms with Gasteiger partial charge in [-0.05, 0) is 286 Å². The second-order valence-corrected chi connectivity index (χ2v) is 39.4. The SMILES string of the molecule is CCn1c2ccc(-c3ccccc3)cc2c2cc(-c3ccc(-c4ccc(-c5c6ccc(C(C)(C)C)cc6c(-c6ccccc6)c6ccc(C(C)(C)C)cc56)cc4)cc3)ccc21.CCn1c2ccccc2c2cc(-c3ccc(-c4ccc(-c5c6ccc(C(C)(C)C)cc6c(-c6ccc(-c7ccccc7)cc6)c6ccc(C(C)(C)C)cc56)cc4)cc3)ccc21.Cc1ccccc1. The zero-order valence-electron chi connectivity index (χ0n) is 77.3. The molecule has 2 aromatic heterocycles. The molecule has 0 spiro atoms. The Bertz CT molecular complexity index is 7730. The predicted molar refractivity (Wildman–Crippen MR) is 561 cm³/mol.